The molecule has 1 aromatic carbocycles. The molecule has 0 saturated carbocycles. The fraction of sp³-hybridized carbons (Fsp3) is 0.231. The van der Waals surface area contributed by atoms with Gasteiger partial charge in [0.25, 0.3) is 0 Å². The van der Waals surface area contributed by atoms with Crippen molar-refractivity contribution in [2.24, 2.45) is 0 Å². The molecular formula is C13H13F3N2. The van der Waals surface area contributed by atoms with Gasteiger partial charge >= 0.3 is 6.18 Å². The summed E-state index contributed by atoms with van der Waals surface area (Å²) in [6.07, 6.45) is -2.48. The minimum Gasteiger partial charge on any atom is -0.364 e. The number of nitrogens with one attached hydrogen (secondary N) is 2. The Bertz CT molecular complexity index is 489. The van der Waals surface area contributed by atoms with E-state index in [-0.39, 0.29) is 0 Å². The third-order valence-corrected chi connectivity index (χ3v) is 2.56. The number of aromatic amines is 1. The van der Waals surface area contributed by atoms with Gasteiger partial charge in [0.1, 0.15) is 0 Å². The Hall–Kier alpha value is -1.75. The maximum atomic E-state index is 12.5. The van der Waals surface area contributed by atoms with Crippen molar-refractivity contribution in [3.05, 3.63) is 59.4 Å². The molecule has 2 aromatic rings. The van der Waals surface area contributed by atoms with E-state index in [0.717, 1.165) is 11.8 Å². The first-order valence-corrected chi connectivity index (χ1v) is 5.55. The number of hydrogen-bond donors (Lipinski definition) is 2. The Morgan fingerprint density at radius 3 is 2.56 bits per heavy atom. The lowest BCUT2D eigenvalue weighted by atomic mass is 10.1. The van der Waals surface area contributed by atoms with Gasteiger partial charge in [-0.1, -0.05) is 18.2 Å². The molecule has 0 atom stereocenters. The smallest absolute Gasteiger partial charge is 0.364 e. The van der Waals surface area contributed by atoms with E-state index in [1.54, 1.807) is 12.3 Å². The lowest BCUT2D eigenvalue weighted by Gasteiger charge is -2.09. The van der Waals surface area contributed by atoms with Crippen LogP contribution in [0.5, 0.6) is 0 Å². The molecule has 0 amide bonds. The molecule has 1 aromatic heterocycles. The van der Waals surface area contributed by atoms with Crippen LogP contribution in [0.25, 0.3) is 0 Å². The average Bonchev–Trinajstić information content (AvgIpc) is 2.81. The van der Waals surface area contributed by atoms with Gasteiger partial charge in [0.05, 0.1) is 5.56 Å². The Labute approximate surface area is 103 Å². The molecule has 0 aliphatic rings. The summed E-state index contributed by atoms with van der Waals surface area (Å²) >= 11 is 0. The Kier molecular flexibility index (Phi) is 3.72. The van der Waals surface area contributed by atoms with Crippen molar-refractivity contribution in [1.82, 2.24) is 10.3 Å². The average molecular weight is 254 g/mol. The summed E-state index contributed by atoms with van der Waals surface area (Å²) in [7, 11) is 0. The van der Waals surface area contributed by atoms with E-state index < -0.39 is 11.7 Å². The maximum Gasteiger partial charge on any atom is 0.416 e. The molecular weight excluding hydrogens is 241 g/mol. The van der Waals surface area contributed by atoms with Crippen molar-refractivity contribution in [3.63, 3.8) is 0 Å². The standard InChI is InChI=1S/C13H13F3N2/c14-13(15,16)11-4-1-3-10(7-11)8-17-9-12-5-2-6-18-12/h1-7,17-18H,8-9H2. The molecule has 0 unspecified atom stereocenters. The maximum absolute atomic E-state index is 12.5. The zero-order valence-corrected chi connectivity index (χ0v) is 9.59. The molecule has 96 valence electrons. The lowest BCUT2D eigenvalue weighted by molar-refractivity contribution is -0.137. The van der Waals surface area contributed by atoms with Gasteiger partial charge in [-0.2, -0.15) is 13.2 Å². The van der Waals surface area contributed by atoms with Gasteiger partial charge in [-0.05, 0) is 23.8 Å². The summed E-state index contributed by atoms with van der Waals surface area (Å²) in [5.74, 6) is 0. The number of rotatable bonds is 4. The molecule has 2 rings (SSSR count). The van der Waals surface area contributed by atoms with Gasteiger partial charge in [0, 0.05) is 25.0 Å². The van der Waals surface area contributed by atoms with E-state index in [0.29, 0.717) is 18.7 Å². The van der Waals surface area contributed by atoms with Crippen molar-refractivity contribution in [1.29, 1.82) is 0 Å². The Morgan fingerprint density at radius 2 is 1.89 bits per heavy atom. The van der Waals surface area contributed by atoms with Crippen molar-refractivity contribution >= 4 is 0 Å². The Morgan fingerprint density at radius 1 is 1.06 bits per heavy atom. The van der Waals surface area contributed by atoms with Crippen LogP contribution in [-0.2, 0) is 19.3 Å². The number of H-pyrrole nitrogens is 1. The highest BCUT2D eigenvalue weighted by atomic mass is 19.4. The first-order chi connectivity index (χ1) is 8.55. The number of benzene rings is 1. The van der Waals surface area contributed by atoms with E-state index in [2.05, 4.69) is 10.3 Å². The molecule has 18 heavy (non-hydrogen) atoms. The molecule has 0 fully saturated rings. The fourth-order valence-electron chi connectivity index (χ4n) is 1.68. The van der Waals surface area contributed by atoms with E-state index in [1.807, 2.05) is 12.1 Å². The van der Waals surface area contributed by atoms with Crippen LogP contribution in [0, 0.1) is 0 Å². The molecule has 0 aliphatic carbocycles. The highest BCUT2D eigenvalue weighted by Gasteiger charge is 2.30. The van der Waals surface area contributed by atoms with E-state index in [9.17, 15) is 13.2 Å². The van der Waals surface area contributed by atoms with Crippen LogP contribution in [0.15, 0.2) is 42.6 Å². The quantitative estimate of drug-likeness (QED) is 0.860. The van der Waals surface area contributed by atoms with Crippen LogP contribution in [0.3, 0.4) is 0 Å². The highest BCUT2D eigenvalue weighted by Crippen LogP contribution is 2.29. The van der Waals surface area contributed by atoms with E-state index in [1.165, 1.54) is 12.1 Å². The SMILES string of the molecule is FC(F)(F)c1cccc(CNCc2ccc[nH]2)c1. The topological polar surface area (TPSA) is 27.8 Å². The fourth-order valence-corrected chi connectivity index (χ4v) is 1.68. The van der Waals surface area contributed by atoms with Crippen LogP contribution < -0.4 is 5.32 Å². The predicted molar refractivity (Wildman–Crippen MR) is 62.8 cm³/mol. The van der Waals surface area contributed by atoms with E-state index in [4.69, 9.17) is 0 Å². The summed E-state index contributed by atoms with van der Waals surface area (Å²) in [6.45, 7) is 1.01. The van der Waals surface area contributed by atoms with Gasteiger partial charge in [-0.15, -0.1) is 0 Å². The predicted octanol–water partition coefficient (Wildman–Crippen LogP) is 3.32. The number of alkyl halides is 3. The minimum atomic E-state index is -4.28. The Balaban J connectivity index is 1.93. The summed E-state index contributed by atoms with van der Waals surface area (Å²) in [4.78, 5) is 3.02. The molecule has 2 N–H and O–H groups in total. The number of aromatic nitrogens is 1. The van der Waals surface area contributed by atoms with Crippen LogP contribution in [0.4, 0.5) is 13.2 Å². The molecule has 2 nitrogen and oxygen atoms in total. The summed E-state index contributed by atoms with van der Waals surface area (Å²) in [6, 6.07) is 9.14. The zero-order valence-electron chi connectivity index (χ0n) is 9.59. The van der Waals surface area contributed by atoms with Gasteiger partial charge in [0.2, 0.25) is 0 Å². The zero-order chi connectivity index (χ0) is 13.0. The molecule has 0 radical (unpaired) electrons. The molecule has 0 aliphatic heterocycles. The largest absolute Gasteiger partial charge is 0.416 e. The second-order valence-electron chi connectivity index (χ2n) is 4.00. The van der Waals surface area contributed by atoms with Crippen LogP contribution in [-0.4, -0.2) is 4.98 Å². The minimum absolute atomic E-state index is 0.406. The van der Waals surface area contributed by atoms with Gasteiger partial charge < -0.3 is 10.3 Å². The molecule has 0 bridgehead atoms. The second-order valence-corrected chi connectivity index (χ2v) is 4.00. The summed E-state index contributed by atoms with van der Waals surface area (Å²) < 4.78 is 37.5. The van der Waals surface area contributed by atoms with Gasteiger partial charge in [0.15, 0.2) is 0 Å². The number of hydrogen-bond acceptors (Lipinski definition) is 1. The lowest BCUT2D eigenvalue weighted by Crippen LogP contribution is -2.14. The van der Waals surface area contributed by atoms with Crippen LogP contribution in [0.2, 0.25) is 0 Å². The molecule has 0 saturated heterocycles. The number of halogens is 3. The monoisotopic (exact) mass is 254 g/mol. The summed E-state index contributed by atoms with van der Waals surface area (Å²) in [5.41, 5.74) is 1.01. The van der Waals surface area contributed by atoms with Gasteiger partial charge in [-0.3, -0.25) is 0 Å². The second kappa shape index (κ2) is 5.27. The van der Waals surface area contributed by atoms with Crippen molar-refractivity contribution < 1.29 is 13.2 Å². The third kappa shape index (κ3) is 3.37. The highest BCUT2D eigenvalue weighted by molar-refractivity contribution is 5.25. The van der Waals surface area contributed by atoms with Crippen molar-refractivity contribution in [3.8, 4) is 0 Å². The van der Waals surface area contributed by atoms with Crippen LogP contribution >= 0.6 is 0 Å². The van der Waals surface area contributed by atoms with Crippen LogP contribution in [0.1, 0.15) is 16.8 Å². The third-order valence-electron chi connectivity index (χ3n) is 2.56. The van der Waals surface area contributed by atoms with Crippen molar-refractivity contribution in [2.45, 2.75) is 19.3 Å². The first kappa shape index (κ1) is 12.7. The van der Waals surface area contributed by atoms with E-state index >= 15 is 0 Å². The van der Waals surface area contributed by atoms with Gasteiger partial charge in [-0.25, -0.2) is 0 Å². The molecule has 1 heterocycles. The first-order valence-electron chi connectivity index (χ1n) is 5.55. The van der Waals surface area contributed by atoms with Crippen molar-refractivity contribution in [2.75, 3.05) is 0 Å². The molecule has 0 spiro atoms. The normalized spacial score (nSPS) is 11.7. The summed E-state index contributed by atoms with van der Waals surface area (Å²) in [5, 5.41) is 3.08. The molecule has 5 heteroatoms.